The van der Waals surface area contributed by atoms with Gasteiger partial charge in [-0.05, 0) is 23.6 Å². The fourth-order valence-electron chi connectivity index (χ4n) is 1.54. The number of aromatic hydroxyl groups is 2. The third kappa shape index (κ3) is 2.49. The van der Waals surface area contributed by atoms with Gasteiger partial charge in [-0.3, -0.25) is 0 Å². The highest BCUT2D eigenvalue weighted by atomic mass is 32.2. The van der Waals surface area contributed by atoms with Crippen LogP contribution in [0.5, 0.6) is 11.5 Å². The van der Waals surface area contributed by atoms with E-state index in [0.29, 0.717) is 11.0 Å². The van der Waals surface area contributed by atoms with Crippen molar-refractivity contribution in [3.8, 4) is 11.5 Å². The third-order valence-electron chi connectivity index (χ3n) is 2.28. The van der Waals surface area contributed by atoms with Crippen LogP contribution < -0.4 is 0 Å². The van der Waals surface area contributed by atoms with E-state index in [1.807, 2.05) is 13.8 Å². The molecule has 0 bridgehead atoms. The molecule has 0 aliphatic carbocycles. The summed E-state index contributed by atoms with van der Waals surface area (Å²) >= 11 is 3.17. The van der Waals surface area contributed by atoms with Crippen LogP contribution in [0.3, 0.4) is 0 Å². The first kappa shape index (κ1) is 13.3. The molecule has 4 nitrogen and oxygen atoms in total. The molecule has 2 rings (SSSR count). The summed E-state index contributed by atoms with van der Waals surface area (Å²) < 4.78 is 0. The van der Waals surface area contributed by atoms with Crippen LogP contribution in [0, 0.1) is 0 Å². The molecule has 0 radical (unpaired) electrons. The molecule has 18 heavy (non-hydrogen) atoms. The van der Waals surface area contributed by atoms with Crippen molar-refractivity contribution in [2.24, 2.45) is 0 Å². The SMILES string of the molecule is CCSc1nc2c(O)ccc(O)c2nc1SCC. The fraction of sp³-hybridized carbons (Fsp3) is 0.333. The number of hydrogen-bond acceptors (Lipinski definition) is 6. The molecule has 1 heterocycles. The molecule has 0 aliphatic heterocycles. The minimum atomic E-state index is 0.0429. The molecule has 1 aromatic heterocycles. The van der Waals surface area contributed by atoms with Gasteiger partial charge < -0.3 is 10.2 Å². The highest BCUT2D eigenvalue weighted by molar-refractivity contribution is 8.02. The molecule has 96 valence electrons. The van der Waals surface area contributed by atoms with Gasteiger partial charge in [0.25, 0.3) is 0 Å². The normalized spacial score (nSPS) is 11.0. The van der Waals surface area contributed by atoms with Crippen LogP contribution in [0.15, 0.2) is 22.2 Å². The lowest BCUT2D eigenvalue weighted by molar-refractivity contribution is 0.466. The summed E-state index contributed by atoms with van der Waals surface area (Å²) in [4.78, 5) is 8.83. The molecular formula is C12H14N2O2S2. The number of phenolic OH excluding ortho intramolecular Hbond substituents is 2. The molecule has 0 spiro atoms. The zero-order chi connectivity index (χ0) is 13.1. The summed E-state index contributed by atoms with van der Waals surface area (Å²) in [5.74, 6) is 1.86. The van der Waals surface area contributed by atoms with E-state index in [0.717, 1.165) is 21.6 Å². The highest BCUT2D eigenvalue weighted by Crippen LogP contribution is 2.35. The summed E-state index contributed by atoms with van der Waals surface area (Å²) in [5, 5.41) is 21.2. The molecule has 0 atom stereocenters. The predicted molar refractivity (Wildman–Crippen MR) is 75.7 cm³/mol. The Bertz CT molecular complexity index is 525. The van der Waals surface area contributed by atoms with Gasteiger partial charge in [-0.1, -0.05) is 13.8 Å². The lowest BCUT2D eigenvalue weighted by Gasteiger charge is -2.09. The van der Waals surface area contributed by atoms with Gasteiger partial charge in [0.1, 0.15) is 32.6 Å². The fourth-order valence-corrected chi connectivity index (χ4v) is 3.09. The first-order valence-corrected chi connectivity index (χ1v) is 7.62. The van der Waals surface area contributed by atoms with Crippen LogP contribution in [-0.4, -0.2) is 31.7 Å². The molecule has 0 fully saturated rings. The van der Waals surface area contributed by atoms with Crippen LogP contribution in [0.1, 0.15) is 13.8 Å². The van der Waals surface area contributed by atoms with E-state index in [2.05, 4.69) is 9.97 Å². The number of phenols is 2. The van der Waals surface area contributed by atoms with Crippen molar-refractivity contribution in [1.82, 2.24) is 9.97 Å². The lowest BCUT2D eigenvalue weighted by Crippen LogP contribution is -1.94. The van der Waals surface area contributed by atoms with Gasteiger partial charge in [0.2, 0.25) is 0 Å². The van der Waals surface area contributed by atoms with E-state index < -0.39 is 0 Å². The van der Waals surface area contributed by atoms with E-state index >= 15 is 0 Å². The summed E-state index contributed by atoms with van der Waals surface area (Å²) in [6.07, 6.45) is 0. The molecule has 2 N–H and O–H groups in total. The van der Waals surface area contributed by atoms with E-state index in [-0.39, 0.29) is 11.5 Å². The maximum absolute atomic E-state index is 9.78. The Morgan fingerprint density at radius 1 is 0.889 bits per heavy atom. The van der Waals surface area contributed by atoms with Crippen LogP contribution >= 0.6 is 23.5 Å². The maximum Gasteiger partial charge on any atom is 0.143 e. The second-order valence-corrected chi connectivity index (χ2v) is 6.01. The van der Waals surface area contributed by atoms with Crippen LogP contribution in [0.2, 0.25) is 0 Å². The monoisotopic (exact) mass is 282 g/mol. The average molecular weight is 282 g/mol. The standard InChI is InChI=1S/C12H14N2O2S2/c1-3-17-11-12(18-4-2)14-10-8(16)6-5-7(15)9(10)13-11/h5-6,15-16H,3-4H2,1-2H3. The largest absolute Gasteiger partial charge is 0.506 e. The molecule has 2 aromatic rings. The van der Waals surface area contributed by atoms with Gasteiger partial charge in [0, 0.05) is 0 Å². The van der Waals surface area contributed by atoms with E-state index in [1.54, 1.807) is 23.5 Å². The number of fused-ring (bicyclic) bond motifs is 1. The number of thioether (sulfide) groups is 2. The van der Waals surface area contributed by atoms with Crippen molar-refractivity contribution < 1.29 is 10.2 Å². The zero-order valence-electron chi connectivity index (χ0n) is 10.2. The minimum Gasteiger partial charge on any atom is -0.506 e. The summed E-state index contributed by atoms with van der Waals surface area (Å²) in [5.41, 5.74) is 0.706. The van der Waals surface area contributed by atoms with Crippen molar-refractivity contribution in [1.29, 1.82) is 0 Å². The molecule has 0 saturated heterocycles. The van der Waals surface area contributed by atoms with Crippen molar-refractivity contribution in [3.05, 3.63) is 12.1 Å². The summed E-state index contributed by atoms with van der Waals surface area (Å²) in [6.45, 7) is 4.08. The summed E-state index contributed by atoms with van der Waals surface area (Å²) in [6, 6.07) is 2.86. The molecule has 0 unspecified atom stereocenters. The Morgan fingerprint density at radius 3 is 1.61 bits per heavy atom. The topological polar surface area (TPSA) is 66.2 Å². The van der Waals surface area contributed by atoms with E-state index in [9.17, 15) is 10.2 Å². The molecule has 6 heteroatoms. The Balaban J connectivity index is 2.67. The Kier molecular flexibility index (Phi) is 4.19. The average Bonchev–Trinajstić information content (AvgIpc) is 2.36. The van der Waals surface area contributed by atoms with Gasteiger partial charge >= 0.3 is 0 Å². The summed E-state index contributed by atoms with van der Waals surface area (Å²) in [7, 11) is 0. The number of hydrogen-bond donors (Lipinski definition) is 2. The molecular weight excluding hydrogens is 268 g/mol. The molecule has 0 aliphatic rings. The van der Waals surface area contributed by atoms with Gasteiger partial charge in [0.15, 0.2) is 0 Å². The predicted octanol–water partition coefficient (Wildman–Crippen LogP) is 3.27. The van der Waals surface area contributed by atoms with Gasteiger partial charge in [-0.25, -0.2) is 9.97 Å². The zero-order valence-corrected chi connectivity index (χ0v) is 11.8. The van der Waals surface area contributed by atoms with Crippen molar-refractivity contribution in [3.63, 3.8) is 0 Å². The second-order valence-electron chi connectivity index (χ2n) is 3.50. The Morgan fingerprint density at radius 2 is 1.28 bits per heavy atom. The smallest absolute Gasteiger partial charge is 0.143 e. The molecule has 0 amide bonds. The number of benzene rings is 1. The minimum absolute atomic E-state index is 0.0429. The quantitative estimate of drug-likeness (QED) is 0.663. The van der Waals surface area contributed by atoms with Crippen molar-refractivity contribution >= 4 is 34.6 Å². The maximum atomic E-state index is 9.78. The van der Waals surface area contributed by atoms with Crippen LogP contribution in [0.25, 0.3) is 11.0 Å². The first-order valence-electron chi connectivity index (χ1n) is 5.65. The van der Waals surface area contributed by atoms with Crippen LogP contribution in [0.4, 0.5) is 0 Å². The van der Waals surface area contributed by atoms with E-state index in [4.69, 9.17) is 0 Å². The van der Waals surface area contributed by atoms with Crippen LogP contribution in [-0.2, 0) is 0 Å². The third-order valence-corrected chi connectivity index (χ3v) is 4.10. The highest BCUT2D eigenvalue weighted by Gasteiger charge is 2.14. The number of rotatable bonds is 4. The molecule has 1 aromatic carbocycles. The Hall–Kier alpha value is -1.14. The van der Waals surface area contributed by atoms with Crippen molar-refractivity contribution in [2.45, 2.75) is 23.9 Å². The second kappa shape index (κ2) is 5.67. The molecule has 0 saturated carbocycles. The van der Waals surface area contributed by atoms with E-state index in [1.165, 1.54) is 12.1 Å². The lowest BCUT2D eigenvalue weighted by atomic mass is 10.2. The Labute approximate surface area is 114 Å². The van der Waals surface area contributed by atoms with Crippen molar-refractivity contribution in [2.75, 3.05) is 11.5 Å². The number of aromatic nitrogens is 2. The first-order chi connectivity index (χ1) is 8.67. The van der Waals surface area contributed by atoms with Gasteiger partial charge in [0.05, 0.1) is 0 Å². The van der Waals surface area contributed by atoms with Gasteiger partial charge in [-0.15, -0.1) is 23.5 Å². The number of nitrogens with zero attached hydrogens (tertiary/aromatic N) is 2. The van der Waals surface area contributed by atoms with Gasteiger partial charge in [-0.2, -0.15) is 0 Å².